The lowest BCUT2D eigenvalue weighted by molar-refractivity contribution is -0.131. The molecule has 0 saturated carbocycles. The predicted octanol–water partition coefficient (Wildman–Crippen LogP) is 3.23. The molecule has 5 heteroatoms. The molecule has 0 aromatic heterocycles. The molecule has 1 fully saturated rings. The summed E-state index contributed by atoms with van der Waals surface area (Å²) in [6.07, 6.45) is 0.373. The van der Waals surface area contributed by atoms with Crippen LogP contribution in [0, 0.1) is 13.8 Å². The minimum Gasteiger partial charge on any atom is -0.494 e. The van der Waals surface area contributed by atoms with E-state index in [1.54, 1.807) is 0 Å². The molecule has 2 aromatic rings. The molecule has 1 aliphatic rings. The molecule has 3 rings (SSSR count). The molecule has 148 valence electrons. The zero-order valence-electron chi connectivity index (χ0n) is 16.9. The molecule has 1 saturated heterocycles. The predicted molar refractivity (Wildman–Crippen MR) is 110 cm³/mol. The van der Waals surface area contributed by atoms with Crippen LogP contribution >= 0.6 is 0 Å². The first kappa shape index (κ1) is 19.9. The summed E-state index contributed by atoms with van der Waals surface area (Å²) in [5, 5.41) is 0. The van der Waals surface area contributed by atoms with Crippen molar-refractivity contribution in [2.24, 2.45) is 0 Å². The van der Waals surface area contributed by atoms with Crippen LogP contribution in [0.1, 0.15) is 34.0 Å². The van der Waals surface area contributed by atoms with E-state index in [1.807, 2.05) is 73.0 Å². The van der Waals surface area contributed by atoms with Gasteiger partial charge in [-0.15, -0.1) is 0 Å². The fraction of sp³-hybridized carbons (Fsp3) is 0.391. The maximum absolute atomic E-state index is 12.7. The average molecular weight is 380 g/mol. The summed E-state index contributed by atoms with van der Waals surface area (Å²) in [4.78, 5) is 29.0. The lowest BCUT2D eigenvalue weighted by Gasteiger charge is -2.35. The summed E-state index contributed by atoms with van der Waals surface area (Å²) in [7, 11) is 0. The quantitative estimate of drug-likeness (QED) is 0.800. The highest BCUT2D eigenvalue weighted by Crippen LogP contribution is 2.16. The number of aryl methyl sites for hydroxylation is 2. The van der Waals surface area contributed by atoms with Crippen molar-refractivity contribution in [2.45, 2.75) is 27.2 Å². The number of carbonyl (C=O) groups is 2. The molecule has 0 bridgehead atoms. The van der Waals surface area contributed by atoms with Crippen molar-refractivity contribution >= 4 is 11.8 Å². The third-order valence-electron chi connectivity index (χ3n) is 5.26. The summed E-state index contributed by atoms with van der Waals surface area (Å²) < 4.78 is 5.43. The molecule has 0 atom stereocenters. The Morgan fingerprint density at radius 1 is 0.893 bits per heavy atom. The first-order chi connectivity index (χ1) is 13.5. The number of rotatable bonds is 5. The molecule has 1 aliphatic heterocycles. The van der Waals surface area contributed by atoms with Crippen molar-refractivity contribution in [1.29, 1.82) is 0 Å². The minimum absolute atomic E-state index is 0.0433. The van der Waals surface area contributed by atoms with E-state index >= 15 is 0 Å². The Kier molecular flexibility index (Phi) is 6.34. The van der Waals surface area contributed by atoms with Crippen LogP contribution in [-0.4, -0.2) is 54.4 Å². The van der Waals surface area contributed by atoms with Gasteiger partial charge in [0.05, 0.1) is 13.0 Å². The van der Waals surface area contributed by atoms with Crippen molar-refractivity contribution in [3.05, 3.63) is 64.7 Å². The number of hydrogen-bond acceptors (Lipinski definition) is 3. The number of carbonyl (C=O) groups excluding carboxylic acids is 2. The number of ether oxygens (including phenoxy) is 1. The van der Waals surface area contributed by atoms with Crippen molar-refractivity contribution in [3.63, 3.8) is 0 Å². The summed E-state index contributed by atoms with van der Waals surface area (Å²) in [6.45, 7) is 8.92. The Hall–Kier alpha value is -2.82. The van der Waals surface area contributed by atoms with Gasteiger partial charge in [0.2, 0.25) is 5.91 Å². The van der Waals surface area contributed by atoms with Gasteiger partial charge in [0.25, 0.3) is 5.91 Å². The largest absolute Gasteiger partial charge is 0.494 e. The Balaban J connectivity index is 1.53. The molecule has 2 amide bonds. The van der Waals surface area contributed by atoms with Crippen molar-refractivity contribution in [3.8, 4) is 5.75 Å². The number of nitrogens with zero attached hydrogens (tertiary/aromatic N) is 2. The molecular formula is C23H28N2O3. The highest BCUT2D eigenvalue weighted by atomic mass is 16.5. The summed E-state index contributed by atoms with van der Waals surface area (Å²) in [5.41, 5.74) is 4.00. The van der Waals surface area contributed by atoms with E-state index in [-0.39, 0.29) is 11.8 Å². The average Bonchev–Trinajstić information content (AvgIpc) is 2.71. The van der Waals surface area contributed by atoms with Crippen LogP contribution in [0.3, 0.4) is 0 Å². The summed E-state index contributed by atoms with van der Waals surface area (Å²) >= 11 is 0. The lowest BCUT2D eigenvalue weighted by atomic mass is 10.1. The third-order valence-corrected chi connectivity index (χ3v) is 5.26. The maximum atomic E-state index is 12.7. The summed E-state index contributed by atoms with van der Waals surface area (Å²) in [6, 6.07) is 13.5. The molecule has 0 N–H and O–H groups in total. The standard InChI is InChI=1S/C23H28N2O3/c1-4-28-21-9-6-19(7-10-21)16-22(26)24-11-13-25(14-12-24)23(27)20-8-5-17(2)18(3)15-20/h5-10,15H,4,11-14,16H2,1-3H3. The number of hydrogen-bond donors (Lipinski definition) is 0. The Bertz CT molecular complexity index is 837. The van der Waals surface area contributed by atoms with Crippen LogP contribution in [0.25, 0.3) is 0 Å². The normalized spacial score (nSPS) is 14.1. The zero-order chi connectivity index (χ0) is 20.1. The zero-order valence-corrected chi connectivity index (χ0v) is 16.9. The van der Waals surface area contributed by atoms with Crippen LogP contribution in [0.5, 0.6) is 5.75 Å². The van der Waals surface area contributed by atoms with Gasteiger partial charge in [-0.3, -0.25) is 9.59 Å². The number of amides is 2. The fourth-order valence-electron chi connectivity index (χ4n) is 3.37. The van der Waals surface area contributed by atoms with E-state index in [4.69, 9.17) is 4.74 Å². The molecule has 28 heavy (non-hydrogen) atoms. The van der Waals surface area contributed by atoms with Gasteiger partial charge >= 0.3 is 0 Å². The van der Waals surface area contributed by atoms with E-state index in [0.717, 1.165) is 22.4 Å². The lowest BCUT2D eigenvalue weighted by Crippen LogP contribution is -2.51. The van der Waals surface area contributed by atoms with Crippen LogP contribution in [0.4, 0.5) is 0 Å². The van der Waals surface area contributed by atoms with Crippen molar-refractivity contribution < 1.29 is 14.3 Å². The minimum atomic E-state index is 0.0433. The topological polar surface area (TPSA) is 49.9 Å². The first-order valence-corrected chi connectivity index (χ1v) is 9.84. The number of piperazine rings is 1. The molecule has 1 heterocycles. The molecule has 0 radical (unpaired) electrons. The van der Waals surface area contributed by atoms with E-state index < -0.39 is 0 Å². The van der Waals surface area contributed by atoms with Gasteiger partial charge < -0.3 is 14.5 Å². The van der Waals surface area contributed by atoms with Crippen molar-refractivity contribution in [2.75, 3.05) is 32.8 Å². The van der Waals surface area contributed by atoms with Crippen LogP contribution in [0.2, 0.25) is 0 Å². The second-order valence-corrected chi connectivity index (χ2v) is 7.23. The van der Waals surface area contributed by atoms with E-state index in [1.165, 1.54) is 5.56 Å². The first-order valence-electron chi connectivity index (χ1n) is 9.84. The van der Waals surface area contributed by atoms with Gasteiger partial charge in [0.15, 0.2) is 0 Å². The van der Waals surface area contributed by atoms with E-state index in [0.29, 0.717) is 39.2 Å². The third kappa shape index (κ3) is 4.71. The van der Waals surface area contributed by atoms with Crippen LogP contribution < -0.4 is 4.74 Å². The molecule has 0 aliphatic carbocycles. The second-order valence-electron chi connectivity index (χ2n) is 7.23. The molecular weight excluding hydrogens is 352 g/mol. The van der Waals surface area contributed by atoms with Gasteiger partial charge in [-0.2, -0.15) is 0 Å². The second kappa shape index (κ2) is 8.91. The van der Waals surface area contributed by atoms with Crippen LogP contribution in [-0.2, 0) is 11.2 Å². The Morgan fingerprint density at radius 3 is 2.14 bits per heavy atom. The van der Waals surface area contributed by atoms with Gasteiger partial charge in [0.1, 0.15) is 5.75 Å². The van der Waals surface area contributed by atoms with Gasteiger partial charge in [-0.1, -0.05) is 18.2 Å². The fourth-order valence-corrected chi connectivity index (χ4v) is 3.37. The Labute approximate surface area is 166 Å². The summed E-state index contributed by atoms with van der Waals surface area (Å²) in [5.74, 6) is 0.960. The molecule has 2 aromatic carbocycles. The number of benzene rings is 2. The SMILES string of the molecule is CCOc1ccc(CC(=O)N2CCN(C(=O)c3ccc(C)c(C)c3)CC2)cc1. The molecule has 0 unspecified atom stereocenters. The smallest absolute Gasteiger partial charge is 0.253 e. The highest BCUT2D eigenvalue weighted by molar-refractivity contribution is 5.94. The molecule has 0 spiro atoms. The van der Waals surface area contributed by atoms with Crippen molar-refractivity contribution in [1.82, 2.24) is 9.80 Å². The highest BCUT2D eigenvalue weighted by Gasteiger charge is 2.25. The monoisotopic (exact) mass is 380 g/mol. The maximum Gasteiger partial charge on any atom is 0.253 e. The van der Waals surface area contributed by atoms with Crippen LogP contribution in [0.15, 0.2) is 42.5 Å². The van der Waals surface area contributed by atoms with E-state index in [9.17, 15) is 9.59 Å². The molecule has 5 nitrogen and oxygen atoms in total. The van der Waals surface area contributed by atoms with Gasteiger partial charge in [-0.05, 0) is 61.7 Å². The van der Waals surface area contributed by atoms with Gasteiger partial charge in [-0.25, -0.2) is 0 Å². The van der Waals surface area contributed by atoms with E-state index in [2.05, 4.69) is 0 Å². The Morgan fingerprint density at radius 2 is 1.54 bits per heavy atom. The van der Waals surface area contributed by atoms with Gasteiger partial charge in [0, 0.05) is 31.7 Å².